The molecule has 1 aliphatic rings. The monoisotopic (exact) mass is 292 g/mol. The average Bonchev–Trinajstić information content (AvgIpc) is 2.68. The number of nitrogens with two attached hydrogens (primary N) is 1. The Hall–Kier alpha value is -1.73. The summed E-state index contributed by atoms with van der Waals surface area (Å²) in [5, 5.41) is 0.935. The van der Waals surface area contributed by atoms with Crippen molar-refractivity contribution in [1.82, 2.24) is 14.9 Å². The number of carbonyl (C=O) groups is 1. The van der Waals surface area contributed by atoms with Crippen molar-refractivity contribution in [3.05, 3.63) is 16.3 Å². The molecule has 20 heavy (non-hydrogen) atoms. The molecule has 2 aromatic heterocycles. The molecule has 2 aromatic rings. The lowest BCUT2D eigenvalue weighted by Crippen LogP contribution is -2.41. The summed E-state index contributed by atoms with van der Waals surface area (Å²) in [5.41, 5.74) is 7.17. The van der Waals surface area contributed by atoms with Crippen LogP contribution in [0.1, 0.15) is 16.3 Å². The van der Waals surface area contributed by atoms with Gasteiger partial charge in [-0.15, -0.1) is 11.3 Å². The van der Waals surface area contributed by atoms with Gasteiger partial charge in [0.15, 0.2) is 5.82 Å². The number of morpholine rings is 1. The van der Waals surface area contributed by atoms with E-state index in [-0.39, 0.29) is 12.5 Å². The number of ether oxygens (including phenoxy) is 1. The summed E-state index contributed by atoms with van der Waals surface area (Å²) < 4.78 is 5.11. The molecule has 0 bridgehead atoms. The predicted octanol–water partition coefficient (Wildman–Crippen LogP) is 1.25. The van der Waals surface area contributed by atoms with E-state index >= 15 is 0 Å². The van der Waals surface area contributed by atoms with Gasteiger partial charge in [0.2, 0.25) is 5.91 Å². The third kappa shape index (κ3) is 2.23. The number of hydrogen-bond acceptors (Lipinski definition) is 6. The molecular formula is C13H16N4O2S. The molecule has 7 heteroatoms. The average molecular weight is 292 g/mol. The molecule has 106 valence electrons. The molecule has 3 rings (SSSR count). The Morgan fingerprint density at radius 3 is 2.95 bits per heavy atom. The first-order valence-electron chi connectivity index (χ1n) is 6.44. The van der Waals surface area contributed by atoms with Crippen LogP contribution in [0.15, 0.2) is 0 Å². The number of aryl methyl sites for hydroxylation is 2. The number of carbonyl (C=O) groups excluding carboxylic acids is 1. The van der Waals surface area contributed by atoms with Crippen molar-refractivity contribution < 1.29 is 9.53 Å². The first kappa shape index (κ1) is 13.3. The first-order valence-corrected chi connectivity index (χ1v) is 7.25. The Bertz CT molecular complexity index is 683. The Kier molecular flexibility index (Phi) is 3.31. The molecule has 1 fully saturated rings. The number of nitrogen functional groups attached to an aromatic ring is 1. The topological polar surface area (TPSA) is 81.3 Å². The zero-order valence-electron chi connectivity index (χ0n) is 11.5. The minimum absolute atomic E-state index is 0.0305. The zero-order valence-corrected chi connectivity index (χ0v) is 12.3. The SMILES string of the molecule is Cc1sc2nc(CN3CCOCC3=O)nc(N)c2c1C. The highest BCUT2D eigenvalue weighted by molar-refractivity contribution is 7.18. The molecule has 0 aliphatic carbocycles. The second-order valence-electron chi connectivity index (χ2n) is 4.86. The van der Waals surface area contributed by atoms with Crippen LogP contribution >= 0.6 is 11.3 Å². The third-order valence-corrected chi connectivity index (χ3v) is 4.62. The second kappa shape index (κ2) is 4.99. The van der Waals surface area contributed by atoms with Crippen LogP contribution in [-0.4, -0.2) is 40.5 Å². The van der Waals surface area contributed by atoms with Crippen molar-refractivity contribution in [2.24, 2.45) is 0 Å². The van der Waals surface area contributed by atoms with E-state index in [1.807, 2.05) is 13.8 Å². The standard InChI is InChI=1S/C13H16N4O2S/c1-7-8(2)20-13-11(7)12(14)15-9(16-13)5-17-3-4-19-6-10(17)18/h3-6H2,1-2H3,(H2,14,15,16). The Balaban J connectivity index is 1.94. The Labute approximate surface area is 120 Å². The van der Waals surface area contributed by atoms with Gasteiger partial charge in [-0.2, -0.15) is 0 Å². The van der Waals surface area contributed by atoms with Gasteiger partial charge >= 0.3 is 0 Å². The molecule has 2 N–H and O–H groups in total. The summed E-state index contributed by atoms with van der Waals surface area (Å²) in [7, 11) is 0. The third-order valence-electron chi connectivity index (χ3n) is 3.52. The van der Waals surface area contributed by atoms with Crippen LogP contribution in [0.2, 0.25) is 0 Å². The van der Waals surface area contributed by atoms with Crippen LogP contribution in [0.25, 0.3) is 10.2 Å². The van der Waals surface area contributed by atoms with Crippen LogP contribution in [-0.2, 0) is 16.1 Å². The molecule has 3 heterocycles. The van der Waals surface area contributed by atoms with Gasteiger partial charge in [0.1, 0.15) is 17.3 Å². The smallest absolute Gasteiger partial charge is 0.249 e. The zero-order chi connectivity index (χ0) is 14.3. The van der Waals surface area contributed by atoms with Crippen molar-refractivity contribution in [2.75, 3.05) is 25.5 Å². The number of amides is 1. The lowest BCUT2D eigenvalue weighted by atomic mass is 10.2. The van der Waals surface area contributed by atoms with Crippen molar-refractivity contribution in [3.8, 4) is 0 Å². The molecule has 1 saturated heterocycles. The minimum atomic E-state index is -0.0305. The Morgan fingerprint density at radius 2 is 2.20 bits per heavy atom. The lowest BCUT2D eigenvalue weighted by molar-refractivity contribution is -0.143. The van der Waals surface area contributed by atoms with E-state index < -0.39 is 0 Å². The number of anilines is 1. The number of fused-ring (bicyclic) bond motifs is 1. The Morgan fingerprint density at radius 1 is 1.40 bits per heavy atom. The lowest BCUT2D eigenvalue weighted by Gasteiger charge is -2.26. The van der Waals surface area contributed by atoms with Crippen molar-refractivity contribution >= 4 is 33.3 Å². The van der Waals surface area contributed by atoms with Crippen LogP contribution in [0.4, 0.5) is 5.82 Å². The number of rotatable bonds is 2. The van der Waals surface area contributed by atoms with E-state index in [4.69, 9.17) is 10.5 Å². The van der Waals surface area contributed by atoms with E-state index in [1.54, 1.807) is 16.2 Å². The highest BCUT2D eigenvalue weighted by Crippen LogP contribution is 2.31. The highest BCUT2D eigenvalue weighted by Gasteiger charge is 2.21. The number of hydrogen-bond donors (Lipinski definition) is 1. The summed E-state index contributed by atoms with van der Waals surface area (Å²) in [6.45, 7) is 5.72. The van der Waals surface area contributed by atoms with Crippen LogP contribution < -0.4 is 5.73 Å². The number of aromatic nitrogens is 2. The van der Waals surface area contributed by atoms with E-state index in [1.165, 1.54) is 4.88 Å². The molecule has 1 amide bonds. The van der Waals surface area contributed by atoms with E-state index in [0.29, 0.717) is 31.3 Å². The second-order valence-corrected chi connectivity index (χ2v) is 6.06. The van der Waals surface area contributed by atoms with Crippen molar-refractivity contribution in [1.29, 1.82) is 0 Å². The highest BCUT2D eigenvalue weighted by atomic mass is 32.1. The maximum Gasteiger partial charge on any atom is 0.249 e. The van der Waals surface area contributed by atoms with Crippen LogP contribution in [0.5, 0.6) is 0 Å². The summed E-state index contributed by atoms with van der Waals surface area (Å²) in [4.78, 5) is 24.4. The van der Waals surface area contributed by atoms with Gasteiger partial charge in [-0.1, -0.05) is 0 Å². The molecule has 0 saturated carbocycles. The first-order chi connectivity index (χ1) is 9.56. The minimum Gasteiger partial charge on any atom is -0.383 e. The van der Waals surface area contributed by atoms with E-state index in [2.05, 4.69) is 9.97 Å². The molecule has 0 spiro atoms. The molecule has 0 atom stereocenters. The van der Waals surface area contributed by atoms with Gasteiger partial charge in [0.25, 0.3) is 0 Å². The molecule has 0 radical (unpaired) electrons. The van der Waals surface area contributed by atoms with E-state index in [9.17, 15) is 4.79 Å². The summed E-state index contributed by atoms with van der Waals surface area (Å²) in [6.07, 6.45) is 0. The summed E-state index contributed by atoms with van der Waals surface area (Å²) >= 11 is 1.61. The van der Waals surface area contributed by atoms with Gasteiger partial charge in [-0.25, -0.2) is 9.97 Å². The molecule has 0 aromatic carbocycles. The van der Waals surface area contributed by atoms with Gasteiger partial charge in [-0.05, 0) is 19.4 Å². The predicted molar refractivity (Wildman–Crippen MR) is 77.5 cm³/mol. The molecule has 0 unspecified atom stereocenters. The normalized spacial score (nSPS) is 16.1. The fourth-order valence-electron chi connectivity index (χ4n) is 2.29. The van der Waals surface area contributed by atoms with Crippen molar-refractivity contribution in [2.45, 2.75) is 20.4 Å². The van der Waals surface area contributed by atoms with Gasteiger partial charge in [0, 0.05) is 11.4 Å². The number of nitrogens with zero attached hydrogens (tertiary/aromatic N) is 3. The van der Waals surface area contributed by atoms with E-state index in [0.717, 1.165) is 15.8 Å². The molecule has 6 nitrogen and oxygen atoms in total. The summed E-state index contributed by atoms with van der Waals surface area (Å²) in [5.74, 6) is 1.05. The van der Waals surface area contributed by atoms with Gasteiger partial charge in [0.05, 0.1) is 18.5 Å². The fourth-order valence-corrected chi connectivity index (χ4v) is 3.34. The maximum absolute atomic E-state index is 11.7. The van der Waals surface area contributed by atoms with Crippen molar-refractivity contribution in [3.63, 3.8) is 0 Å². The van der Waals surface area contributed by atoms with Gasteiger partial charge in [-0.3, -0.25) is 4.79 Å². The van der Waals surface area contributed by atoms with Gasteiger partial charge < -0.3 is 15.4 Å². The fraction of sp³-hybridized carbons (Fsp3) is 0.462. The maximum atomic E-state index is 11.7. The van der Waals surface area contributed by atoms with Crippen LogP contribution in [0, 0.1) is 13.8 Å². The molecule has 1 aliphatic heterocycles. The number of thiophene rings is 1. The molecular weight excluding hydrogens is 276 g/mol. The summed E-state index contributed by atoms with van der Waals surface area (Å²) in [6, 6.07) is 0. The van der Waals surface area contributed by atoms with Crippen LogP contribution in [0.3, 0.4) is 0 Å². The largest absolute Gasteiger partial charge is 0.383 e. The quantitative estimate of drug-likeness (QED) is 0.901.